The van der Waals surface area contributed by atoms with Crippen LogP contribution in [0.1, 0.15) is 81.1 Å². The van der Waals surface area contributed by atoms with Crippen LogP contribution in [0.2, 0.25) is 0 Å². The Morgan fingerprint density at radius 1 is 0.558 bits per heavy atom. The maximum atomic E-state index is 12.7. The van der Waals surface area contributed by atoms with Crippen LogP contribution >= 0.6 is 11.8 Å². The summed E-state index contributed by atoms with van der Waals surface area (Å²) in [6, 6.07) is 0. The van der Waals surface area contributed by atoms with Gasteiger partial charge in [-0.3, -0.25) is 19.2 Å². The molecule has 0 aliphatic rings. The first-order valence-corrected chi connectivity index (χ1v) is 15.8. The number of aliphatic hydroxyl groups is 2. The van der Waals surface area contributed by atoms with Gasteiger partial charge < -0.3 is 38.6 Å². The SMILES string of the molecule is CCC(C)(CC(C)(C)C(=O)OCOCCSCCOCOC(=O)C(C)(CC)CC(C)(C)C(=O)OCCO)C(=O)OCCO. The van der Waals surface area contributed by atoms with E-state index in [0.29, 0.717) is 37.6 Å². The van der Waals surface area contributed by atoms with Gasteiger partial charge in [0.15, 0.2) is 13.6 Å². The van der Waals surface area contributed by atoms with E-state index in [-0.39, 0.29) is 52.9 Å². The van der Waals surface area contributed by atoms with Crippen molar-refractivity contribution in [2.45, 2.75) is 81.1 Å². The first-order valence-electron chi connectivity index (χ1n) is 14.7. The van der Waals surface area contributed by atoms with Gasteiger partial charge in [-0.15, -0.1) is 0 Å². The molecule has 12 nitrogen and oxygen atoms in total. The maximum absolute atomic E-state index is 12.7. The van der Waals surface area contributed by atoms with Crippen molar-refractivity contribution in [2.24, 2.45) is 21.7 Å². The minimum atomic E-state index is -0.946. The third kappa shape index (κ3) is 15.1. The molecule has 2 atom stereocenters. The molecule has 0 amide bonds. The van der Waals surface area contributed by atoms with Gasteiger partial charge in [-0.1, -0.05) is 13.8 Å². The minimum Gasteiger partial charge on any atom is -0.463 e. The van der Waals surface area contributed by atoms with Crippen LogP contribution in [-0.2, 0) is 47.6 Å². The molecule has 0 spiro atoms. The molecule has 0 heterocycles. The van der Waals surface area contributed by atoms with Crippen LogP contribution in [0, 0.1) is 21.7 Å². The summed E-state index contributed by atoms with van der Waals surface area (Å²) in [5.74, 6) is -0.630. The molecule has 13 heteroatoms. The number of hydrogen-bond acceptors (Lipinski definition) is 13. The molecule has 0 aromatic carbocycles. The third-order valence-corrected chi connectivity index (χ3v) is 8.17. The van der Waals surface area contributed by atoms with Gasteiger partial charge in [0.1, 0.15) is 13.2 Å². The van der Waals surface area contributed by atoms with Gasteiger partial charge in [-0.2, -0.15) is 11.8 Å². The second-order valence-corrected chi connectivity index (χ2v) is 13.4. The first-order chi connectivity index (χ1) is 20.0. The van der Waals surface area contributed by atoms with Crippen LogP contribution < -0.4 is 0 Å². The number of aliphatic hydroxyl groups excluding tert-OH is 2. The van der Waals surface area contributed by atoms with Gasteiger partial charge in [0, 0.05) is 11.5 Å². The van der Waals surface area contributed by atoms with Crippen LogP contribution in [0.5, 0.6) is 0 Å². The zero-order valence-corrected chi connectivity index (χ0v) is 28.1. The van der Waals surface area contributed by atoms with Gasteiger partial charge in [0.2, 0.25) is 0 Å². The minimum absolute atomic E-state index is 0.0872. The lowest BCUT2D eigenvalue weighted by molar-refractivity contribution is -0.173. The van der Waals surface area contributed by atoms with Crippen molar-refractivity contribution in [3.8, 4) is 0 Å². The molecule has 0 radical (unpaired) electrons. The first kappa shape index (κ1) is 41.1. The second kappa shape index (κ2) is 20.2. The van der Waals surface area contributed by atoms with Crippen LogP contribution in [0.25, 0.3) is 0 Å². The molecule has 0 bridgehead atoms. The zero-order chi connectivity index (χ0) is 33.2. The molecule has 2 N–H and O–H groups in total. The Kier molecular flexibility index (Phi) is 19.3. The molecule has 252 valence electrons. The summed E-state index contributed by atoms with van der Waals surface area (Å²) in [4.78, 5) is 50.0. The van der Waals surface area contributed by atoms with E-state index in [9.17, 15) is 19.2 Å². The number of carbonyl (C=O) groups excluding carboxylic acids is 4. The fourth-order valence-corrected chi connectivity index (χ4v) is 5.12. The highest BCUT2D eigenvalue weighted by Gasteiger charge is 2.44. The van der Waals surface area contributed by atoms with Crippen LogP contribution in [0.3, 0.4) is 0 Å². The highest BCUT2D eigenvalue weighted by atomic mass is 32.2. The number of esters is 4. The second-order valence-electron chi connectivity index (χ2n) is 12.2. The smallest absolute Gasteiger partial charge is 0.313 e. The molecular weight excluding hydrogens is 584 g/mol. The summed E-state index contributed by atoms with van der Waals surface area (Å²) < 4.78 is 31.5. The number of rotatable bonds is 24. The summed E-state index contributed by atoms with van der Waals surface area (Å²) in [7, 11) is 0. The van der Waals surface area contributed by atoms with Crippen LogP contribution in [-0.4, -0.2) is 98.8 Å². The fraction of sp³-hybridized carbons (Fsp3) is 0.867. The molecule has 0 fully saturated rings. The van der Waals surface area contributed by atoms with Gasteiger partial charge >= 0.3 is 23.9 Å². The Labute approximate surface area is 260 Å². The summed E-state index contributed by atoms with van der Waals surface area (Å²) in [5, 5.41) is 17.8. The molecule has 0 aliphatic heterocycles. The summed E-state index contributed by atoms with van der Waals surface area (Å²) in [5.41, 5.74) is -3.67. The average Bonchev–Trinajstić information content (AvgIpc) is 2.96. The quantitative estimate of drug-likeness (QED) is 0.0684. The van der Waals surface area contributed by atoms with Crippen molar-refractivity contribution >= 4 is 35.6 Å². The average molecular weight is 639 g/mol. The highest BCUT2D eigenvalue weighted by Crippen LogP contribution is 2.39. The van der Waals surface area contributed by atoms with Gasteiger partial charge in [0.05, 0.1) is 48.1 Å². The Hall–Kier alpha value is -1.93. The van der Waals surface area contributed by atoms with Crippen molar-refractivity contribution in [2.75, 3.05) is 64.7 Å². The fourth-order valence-electron chi connectivity index (χ4n) is 4.44. The monoisotopic (exact) mass is 638 g/mol. The molecule has 0 aromatic rings. The molecule has 43 heavy (non-hydrogen) atoms. The number of ether oxygens (including phenoxy) is 6. The molecule has 0 rings (SSSR count). The topological polar surface area (TPSA) is 164 Å². The predicted molar refractivity (Wildman–Crippen MR) is 161 cm³/mol. The Morgan fingerprint density at radius 3 is 1.30 bits per heavy atom. The lowest BCUT2D eigenvalue weighted by Crippen LogP contribution is -2.39. The Balaban J connectivity index is 4.26. The summed E-state index contributed by atoms with van der Waals surface area (Å²) in [6.07, 6.45) is 1.37. The lowest BCUT2D eigenvalue weighted by Gasteiger charge is -2.33. The maximum Gasteiger partial charge on any atom is 0.313 e. The highest BCUT2D eigenvalue weighted by molar-refractivity contribution is 7.99. The van der Waals surface area contributed by atoms with Crippen molar-refractivity contribution < 1.29 is 57.8 Å². The van der Waals surface area contributed by atoms with E-state index in [4.69, 9.17) is 38.6 Å². The van der Waals surface area contributed by atoms with E-state index < -0.39 is 45.5 Å². The molecule has 0 saturated heterocycles. The largest absolute Gasteiger partial charge is 0.463 e. The number of carbonyl (C=O) groups is 4. The van der Waals surface area contributed by atoms with Crippen molar-refractivity contribution in [1.82, 2.24) is 0 Å². The standard InChI is InChI=1S/C30H54O12S/c1-9-29(7,25(35)40-14-12-32)20-28(5,6)24(34)41-21-37-15-17-43-18-16-38-22-42-26(36)30(8,10-2)19-27(3,4)23(33)39-13-11-31/h31-32H,9-22H2,1-8H3. The Bertz CT molecular complexity index is 862. The molecular formula is C30H54O12S. The number of thioether (sulfide) groups is 1. The normalized spacial score (nSPS) is 14.7. The van der Waals surface area contributed by atoms with Gasteiger partial charge in [0.25, 0.3) is 0 Å². The van der Waals surface area contributed by atoms with E-state index in [1.165, 1.54) is 0 Å². The summed E-state index contributed by atoms with van der Waals surface area (Å²) >= 11 is 1.56. The van der Waals surface area contributed by atoms with Crippen molar-refractivity contribution in [3.63, 3.8) is 0 Å². The lowest BCUT2D eigenvalue weighted by atomic mass is 9.72. The van der Waals surface area contributed by atoms with E-state index in [1.807, 2.05) is 13.8 Å². The van der Waals surface area contributed by atoms with Crippen LogP contribution in [0.4, 0.5) is 0 Å². The summed E-state index contributed by atoms with van der Waals surface area (Å²) in [6.45, 7) is 13.5. The molecule has 0 aromatic heterocycles. The van der Waals surface area contributed by atoms with Crippen LogP contribution in [0.15, 0.2) is 0 Å². The number of hydrogen-bond donors (Lipinski definition) is 2. The van der Waals surface area contributed by atoms with E-state index in [2.05, 4.69) is 0 Å². The van der Waals surface area contributed by atoms with E-state index in [1.54, 1.807) is 53.3 Å². The Morgan fingerprint density at radius 2 is 0.907 bits per heavy atom. The van der Waals surface area contributed by atoms with E-state index >= 15 is 0 Å². The molecule has 2 unspecified atom stereocenters. The molecule has 0 aliphatic carbocycles. The van der Waals surface area contributed by atoms with E-state index in [0.717, 1.165) is 0 Å². The molecule has 0 saturated carbocycles. The van der Waals surface area contributed by atoms with Gasteiger partial charge in [-0.25, -0.2) is 0 Å². The third-order valence-electron chi connectivity index (χ3n) is 7.26. The van der Waals surface area contributed by atoms with Crippen molar-refractivity contribution in [3.05, 3.63) is 0 Å². The van der Waals surface area contributed by atoms with Crippen molar-refractivity contribution in [1.29, 1.82) is 0 Å². The zero-order valence-electron chi connectivity index (χ0n) is 27.3. The van der Waals surface area contributed by atoms with Gasteiger partial charge in [-0.05, 0) is 67.2 Å². The predicted octanol–water partition coefficient (Wildman–Crippen LogP) is 3.49.